The van der Waals surface area contributed by atoms with Gasteiger partial charge in [0, 0.05) is 17.5 Å². The fourth-order valence-electron chi connectivity index (χ4n) is 1.96. The maximum atomic E-state index is 11.4. The van der Waals surface area contributed by atoms with E-state index in [1.165, 1.54) is 35.1 Å². The summed E-state index contributed by atoms with van der Waals surface area (Å²) in [6.45, 7) is 0. The monoisotopic (exact) mass is 404 g/mol. The Morgan fingerprint density at radius 2 is 1.76 bits per heavy atom. The van der Waals surface area contributed by atoms with Gasteiger partial charge in [0.1, 0.15) is 5.56 Å². The number of halogens is 1. The molecule has 0 atom stereocenters. The topological polar surface area (TPSA) is 133 Å². The van der Waals surface area contributed by atoms with Gasteiger partial charge in [0.15, 0.2) is 23.0 Å². The van der Waals surface area contributed by atoms with Crippen molar-refractivity contribution >= 4 is 51.1 Å². The van der Waals surface area contributed by atoms with Crippen molar-refractivity contribution in [3.63, 3.8) is 0 Å². The molecular formula is C11H5IN2O7. The molecule has 0 heterocycles. The van der Waals surface area contributed by atoms with Gasteiger partial charge in [-0.3, -0.25) is 20.2 Å². The van der Waals surface area contributed by atoms with E-state index >= 15 is 0 Å². The molecule has 0 spiro atoms. The van der Waals surface area contributed by atoms with E-state index in [0.717, 1.165) is 12.1 Å². The Hall–Kier alpha value is -2.50. The van der Waals surface area contributed by atoms with Gasteiger partial charge < -0.3 is 8.17 Å². The second-order valence-corrected chi connectivity index (χ2v) is 4.31. The van der Waals surface area contributed by atoms with E-state index in [1.54, 1.807) is 0 Å². The summed E-state index contributed by atoms with van der Waals surface area (Å²) in [6.07, 6.45) is 0. The molecule has 0 aliphatic heterocycles. The highest BCUT2D eigenvalue weighted by Crippen LogP contribution is 2.41. The Kier molecular flexibility index (Phi) is 3.88. The molecule has 10 heteroatoms. The lowest BCUT2D eigenvalue weighted by Gasteiger charge is -2.08. The van der Waals surface area contributed by atoms with Crippen LogP contribution < -0.4 is 3.07 Å². The first-order chi connectivity index (χ1) is 9.88. The second-order valence-electron chi connectivity index (χ2n) is 3.87. The summed E-state index contributed by atoms with van der Waals surface area (Å²) in [4.78, 5) is 31.8. The summed E-state index contributed by atoms with van der Waals surface area (Å²) < 4.78 is 4.79. The first kappa shape index (κ1) is 14.9. The number of benzene rings is 2. The van der Waals surface area contributed by atoms with Gasteiger partial charge in [-0.05, 0) is 0 Å². The molecule has 0 saturated carbocycles. The largest absolute Gasteiger partial charge is 0.478 e. The number of non-ortho nitro benzene ring substituents is 1. The van der Waals surface area contributed by atoms with Gasteiger partial charge in [-0.25, -0.2) is 4.79 Å². The lowest BCUT2D eigenvalue weighted by atomic mass is 10.0. The third-order valence-corrected chi connectivity index (χ3v) is 3.22. The van der Waals surface area contributed by atoms with Gasteiger partial charge in [-0.15, -0.1) is 0 Å². The van der Waals surface area contributed by atoms with E-state index in [9.17, 15) is 30.1 Å². The number of rotatable bonds is 4. The molecule has 1 N–H and O–H groups in total. The molecule has 0 radical (unpaired) electrons. The fraction of sp³-hybridized carbons (Fsp3) is 0. The first-order valence-corrected chi connectivity index (χ1v) is 6.17. The number of carbonyl (C=O) groups is 1. The van der Waals surface area contributed by atoms with Crippen LogP contribution in [0.25, 0.3) is 10.8 Å². The van der Waals surface area contributed by atoms with Crippen molar-refractivity contribution in [1.29, 1.82) is 0 Å². The van der Waals surface area contributed by atoms with Crippen molar-refractivity contribution in [2.75, 3.05) is 0 Å². The lowest BCUT2D eigenvalue weighted by Crippen LogP contribution is -2.04. The van der Waals surface area contributed by atoms with E-state index in [4.69, 9.17) is 3.07 Å². The zero-order valence-corrected chi connectivity index (χ0v) is 12.1. The number of aromatic carboxylic acids is 1. The molecule has 0 bridgehead atoms. The number of nitro groups is 2. The molecule has 21 heavy (non-hydrogen) atoms. The number of fused-ring (bicyclic) bond motifs is 1. The smallest absolute Gasteiger partial charge is 0.340 e. The molecule has 108 valence electrons. The van der Waals surface area contributed by atoms with Crippen molar-refractivity contribution in [1.82, 2.24) is 0 Å². The van der Waals surface area contributed by atoms with Crippen molar-refractivity contribution in [3.8, 4) is 5.75 Å². The van der Waals surface area contributed by atoms with E-state index in [-0.39, 0.29) is 10.8 Å². The third kappa shape index (κ3) is 2.44. The van der Waals surface area contributed by atoms with Crippen molar-refractivity contribution in [3.05, 3.63) is 50.1 Å². The maximum Gasteiger partial charge on any atom is 0.340 e. The maximum absolute atomic E-state index is 11.4. The van der Waals surface area contributed by atoms with Gasteiger partial charge in [0.2, 0.25) is 5.75 Å². The van der Waals surface area contributed by atoms with Crippen LogP contribution in [0.15, 0.2) is 24.3 Å². The second kappa shape index (κ2) is 5.47. The van der Waals surface area contributed by atoms with Crippen LogP contribution in [-0.4, -0.2) is 20.9 Å². The van der Waals surface area contributed by atoms with Crippen molar-refractivity contribution in [2.45, 2.75) is 0 Å². The van der Waals surface area contributed by atoms with Crippen LogP contribution in [0.4, 0.5) is 11.4 Å². The van der Waals surface area contributed by atoms with Gasteiger partial charge in [-0.1, -0.05) is 12.1 Å². The van der Waals surface area contributed by atoms with Crippen LogP contribution in [0.2, 0.25) is 0 Å². The molecule has 2 rings (SSSR count). The van der Waals surface area contributed by atoms with Gasteiger partial charge in [0.25, 0.3) is 5.69 Å². The molecular weight excluding hydrogens is 399 g/mol. The Labute approximate surface area is 130 Å². The number of nitrogens with zero attached hydrogens (tertiary/aromatic N) is 2. The van der Waals surface area contributed by atoms with Crippen LogP contribution >= 0.6 is 23.0 Å². The molecule has 9 nitrogen and oxygen atoms in total. The average molecular weight is 404 g/mol. The minimum atomic E-state index is -1.48. The molecule has 0 saturated heterocycles. The minimum absolute atomic E-state index is 0.00559. The van der Waals surface area contributed by atoms with Crippen LogP contribution in [0.1, 0.15) is 10.4 Å². The first-order valence-electron chi connectivity index (χ1n) is 5.29. The van der Waals surface area contributed by atoms with Gasteiger partial charge in [0.05, 0.1) is 15.2 Å². The Morgan fingerprint density at radius 3 is 2.24 bits per heavy atom. The molecule has 0 fully saturated rings. The predicted molar refractivity (Wildman–Crippen MR) is 78.9 cm³/mol. The Morgan fingerprint density at radius 1 is 1.14 bits per heavy atom. The molecule has 0 aliphatic rings. The van der Waals surface area contributed by atoms with E-state index in [0.29, 0.717) is 0 Å². The summed E-state index contributed by atoms with van der Waals surface area (Å²) in [7, 11) is 0. The number of nitro benzene ring substituents is 2. The number of carboxylic acids is 1. The summed E-state index contributed by atoms with van der Waals surface area (Å²) in [5.41, 5.74) is -1.56. The fourth-order valence-corrected chi connectivity index (χ4v) is 2.41. The molecule has 2 aromatic carbocycles. The Bertz CT molecular complexity index is 790. The molecule has 0 unspecified atom stereocenters. The van der Waals surface area contributed by atoms with Crippen LogP contribution in [0.5, 0.6) is 5.75 Å². The van der Waals surface area contributed by atoms with Crippen LogP contribution in [-0.2, 0) is 0 Å². The highest BCUT2D eigenvalue weighted by atomic mass is 127. The standard InChI is InChI=1S/C11H5IN2O7/c12-21-10-8(14(19)20)4-6-5(9(10)11(15)16)2-1-3-7(6)13(17)18/h1-4H,(H,15,16). The zero-order valence-electron chi connectivity index (χ0n) is 9.98. The quantitative estimate of drug-likeness (QED) is 0.470. The summed E-state index contributed by atoms with van der Waals surface area (Å²) in [6, 6.07) is 4.71. The van der Waals surface area contributed by atoms with Gasteiger partial charge >= 0.3 is 11.7 Å². The number of hydrogen-bond acceptors (Lipinski definition) is 6. The van der Waals surface area contributed by atoms with E-state index in [1.807, 2.05) is 0 Å². The minimum Gasteiger partial charge on any atom is -0.478 e. The average Bonchev–Trinajstić information content (AvgIpc) is 2.43. The van der Waals surface area contributed by atoms with Crippen molar-refractivity contribution in [2.24, 2.45) is 0 Å². The van der Waals surface area contributed by atoms with Crippen molar-refractivity contribution < 1.29 is 22.8 Å². The molecule has 0 aliphatic carbocycles. The predicted octanol–water partition coefficient (Wildman–Crippen LogP) is 3.08. The van der Waals surface area contributed by atoms with E-state index in [2.05, 4.69) is 0 Å². The highest BCUT2D eigenvalue weighted by molar-refractivity contribution is 14.1. The SMILES string of the molecule is O=C(O)c1c(OI)c([N+](=O)[O-])cc2c([N+](=O)[O-])cccc12. The summed E-state index contributed by atoms with van der Waals surface area (Å²) in [5.74, 6) is -1.93. The molecule has 0 amide bonds. The van der Waals surface area contributed by atoms with Crippen LogP contribution in [0.3, 0.4) is 0 Å². The summed E-state index contributed by atoms with van der Waals surface area (Å²) in [5, 5.41) is 31.1. The third-order valence-electron chi connectivity index (χ3n) is 2.78. The molecule has 2 aromatic rings. The lowest BCUT2D eigenvalue weighted by molar-refractivity contribution is -0.386. The molecule has 0 aromatic heterocycles. The number of hydrogen-bond donors (Lipinski definition) is 1. The summed E-state index contributed by atoms with van der Waals surface area (Å²) >= 11 is 1.32. The van der Waals surface area contributed by atoms with E-state index < -0.39 is 38.5 Å². The highest BCUT2D eigenvalue weighted by Gasteiger charge is 2.29. The van der Waals surface area contributed by atoms with Crippen LogP contribution in [0, 0.1) is 20.2 Å². The van der Waals surface area contributed by atoms with Gasteiger partial charge in [-0.2, -0.15) is 0 Å². The number of carboxylic acid groups (broad SMARTS) is 1. The normalized spacial score (nSPS) is 10.3. The Balaban J connectivity index is 3.06. The zero-order chi connectivity index (χ0) is 15.7.